The molecule has 0 aliphatic carbocycles. The van der Waals surface area contributed by atoms with E-state index in [-0.39, 0.29) is 11.3 Å². The molecule has 6 heteroatoms. The minimum atomic E-state index is -0.402. The zero-order valence-corrected chi connectivity index (χ0v) is 13.7. The van der Waals surface area contributed by atoms with Crippen molar-refractivity contribution in [3.8, 4) is 23.3 Å². The number of hydrogen-bond acceptors (Lipinski definition) is 4. The van der Waals surface area contributed by atoms with Crippen molar-refractivity contribution in [2.45, 2.75) is 11.3 Å². The summed E-state index contributed by atoms with van der Waals surface area (Å²) in [5.74, 6) is 0.422. The van der Waals surface area contributed by atoms with Gasteiger partial charge in [-0.1, -0.05) is 6.07 Å². The van der Waals surface area contributed by atoms with Crippen molar-refractivity contribution in [3.63, 3.8) is 0 Å². The number of halogens is 2. The monoisotopic (exact) mass is 373 g/mol. The second-order valence-corrected chi connectivity index (χ2v) is 6.76. The summed E-state index contributed by atoms with van der Waals surface area (Å²) < 4.78 is 14.2. The summed E-state index contributed by atoms with van der Waals surface area (Å²) in [6.07, 6.45) is 0.727. The molecule has 0 fully saturated rings. The molecule has 2 aromatic rings. The first kappa shape index (κ1) is 14.9. The van der Waals surface area contributed by atoms with Gasteiger partial charge in [0, 0.05) is 16.2 Å². The van der Waals surface area contributed by atoms with Gasteiger partial charge in [0.1, 0.15) is 18.0 Å². The average molecular weight is 374 g/mol. The van der Waals surface area contributed by atoms with E-state index in [0.29, 0.717) is 21.2 Å². The summed E-state index contributed by atoms with van der Waals surface area (Å²) in [7, 11) is 0. The van der Waals surface area contributed by atoms with Crippen molar-refractivity contribution < 1.29 is 4.39 Å². The lowest BCUT2D eigenvalue weighted by atomic mass is 9.91. The van der Waals surface area contributed by atoms with Gasteiger partial charge in [-0.2, -0.15) is 10.5 Å². The van der Waals surface area contributed by atoms with Crippen LogP contribution < -0.4 is 5.73 Å². The maximum atomic E-state index is 13.9. The van der Waals surface area contributed by atoms with Gasteiger partial charge in [-0.3, -0.25) is 0 Å². The third kappa shape index (κ3) is 2.16. The number of benzene rings is 2. The lowest BCUT2D eigenvalue weighted by molar-refractivity contribution is 0.621. The van der Waals surface area contributed by atoms with Crippen molar-refractivity contribution in [3.05, 3.63) is 45.2 Å². The number of nitriles is 2. The van der Waals surface area contributed by atoms with E-state index >= 15 is 0 Å². The standard InChI is InChI=1S/C16H9BrFN3S/c17-12-2-1-8(5-13(12)18)14-11(7-20)15(21)10(6-19)9-3-4-22-16(9)14/h1-2,5H,3-4,21H2. The molecule has 1 aliphatic heterocycles. The van der Waals surface area contributed by atoms with Crippen LogP contribution >= 0.6 is 27.7 Å². The van der Waals surface area contributed by atoms with Gasteiger partial charge in [-0.05, 0) is 45.6 Å². The highest BCUT2D eigenvalue weighted by Gasteiger charge is 2.27. The van der Waals surface area contributed by atoms with Crippen LogP contribution in [0.1, 0.15) is 16.7 Å². The first-order chi connectivity index (χ1) is 10.6. The summed E-state index contributed by atoms with van der Waals surface area (Å²) in [6.45, 7) is 0. The SMILES string of the molecule is N#Cc1c(N)c(C#N)c(-c2ccc(Br)c(F)c2)c2c1CCS2. The van der Waals surface area contributed by atoms with Crippen molar-refractivity contribution in [2.24, 2.45) is 0 Å². The number of hydrogen-bond donors (Lipinski definition) is 1. The summed E-state index contributed by atoms with van der Waals surface area (Å²) >= 11 is 4.70. The molecule has 0 bridgehead atoms. The molecule has 2 N–H and O–H groups in total. The Morgan fingerprint density at radius 1 is 1.23 bits per heavy atom. The number of nitrogen functional groups attached to an aromatic ring is 1. The number of thioether (sulfide) groups is 1. The molecular weight excluding hydrogens is 365 g/mol. The van der Waals surface area contributed by atoms with Crippen LogP contribution in [0.3, 0.4) is 0 Å². The number of nitrogens with zero attached hydrogens (tertiary/aromatic N) is 2. The first-order valence-electron chi connectivity index (χ1n) is 6.45. The topological polar surface area (TPSA) is 73.6 Å². The van der Waals surface area contributed by atoms with Gasteiger partial charge in [0.15, 0.2) is 0 Å². The van der Waals surface area contributed by atoms with Crippen LogP contribution in [0.4, 0.5) is 10.1 Å². The summed E-state index contributed by atoms with van der Waals surface area (Å²) in [5.41, 5.74) is 8.91. The Hall–Kier alpha value is -2.02. The maximum absolute atomic E-state index is 13.9. The minimum absolute atomic E-state index is 0.185. The van der Waals surface area contributed by atoms with Gasteiger partial charge in [-0.15, -0.1) is 11.8 Å². The number of fused-ring (bicyclic) bond motifs is 1. The zero-order valence-electron chi connectivity index (χ0n) is 11.3. The molecule has 0 aromatic heterocycles. The molecule has 0 atom stereocenters. The maximum Gasteiger partial charge on any atom is 0.137 e. The van der Waals surface area contributed by atoms with Crippen LogP contribution in [0.25, 0.3) is 11.1 Å². The van der Waals surface area contributed by atoms with Gasteiger partial charge >= 0.3 is 0 Å². The average Bonchev–Trinajstić information content (AvgIpc) is 2.98. The van der Waals surface area contributed by atoms with Crippen LogP contribution in [-0.2, 0) is 6.42 Å². The molecule has 0 unspecified atom stereocenters. The van der Waals surface area contributed by atoms with Crippen LogP contribution in [0.2, 0.25) is 0 Å². The highest BCUT2D eigenvalue weighted by molar-refractivity contribution is 9.10. The normalized spacial score (nSPS) is 12.5. The van der Waals surface area contributed by atoms with E-state index in [1.165, 1.54) is 6.07 Å². The summed E-state index contributed by atoms with van der Waals surface area (Å²) in [4.78, 5) is 0.865. The minimum Gasteiger partial charge on any atom is -0.397 e. The van der Waals surface area contributed by atoms with Crippen LogP contribution in [0.15, 0.2) is 27.6 Å². The highest BCUT2D eigenvalue weighted by atomic mass is 79.9. The summed E-state index contributed by atoms with van der Waals surface area (Å²) in [6, 6.07) is 8.90. The molecule has 0 saturated carbocycles. The Bertz CT molecular complexity index is 877. The molecule has 0 amide bonds. The molecule has 3 nitrogen and oxygen atoms in total. The Morgan fingerprint density at radius 3 is 2.59 bits per heavy atom. The smallest absolute Gasteiger partial charge is 0.137 e. The third-order valence-electron chi connectivity index (χ3n) is 3.62. The fourth-order valence-corrected chi connectivity index (χ4v) is 4.12. The molecule has 0 radical (unpaired) electrons. The van der Waals surface area contributed by atoms with E-state index in [0.717, 1.165) is 22.6 Å². The van der Waals surface area contributed by atoms with E-state index in [1.807, 2.05) is 0 Å². The number of rotatable bonds is 1. The van der Waals surface area contributed by atoms with Crippen LogP contribution in [0, 0.1) is 28.5 Å². The molecule has 0 spiro atoms. The predicted octanol–water partition coefficient (Wildman–Crippen LogP) is 4.23. The largest absolute Gasteiger partial charge is 0.397 e. The molecule has 1 heterocycles. The Morgan fingerprint density at radius 2 is 1.95 bits per heavy atom. The molecule has 2 aromatic carbocycles. The quantitative estimate of drug-likeness (QED) is 0.759. The Kier molecular flexibility index (Phi) is 3.82. The van der Waals surface area contributed by atoms with Crippen molar-refractivity contribution in [1.82, 2.24) is 0 Å². The van der Waals surface area contributed by atoms with Crippen molar-refractivity contribution >= 4 is 33.4 Å². The fourth-order valence-electron chi connectivity index (χ4n) is 2.62. The predicted molar refractivity (Wildman–Crippen MR) is 87.8 cm³/mol. The van der Waals surface area contributed by atoms with Crippen LogP contribution in [0.5, 0.6) is 0 Å². The van der Waals surface area contributed by atoms with Crippen LogP contribution in [-0.4, -0.2) is 5.75 Å². The molecule has 22 heavy (non-hydrogen) atoms. The van der Waals surface area contributed by atoms with E-state index in [2.05, 4.69) is 28.1 Å². The molecule has 3 rings (SSSR count). The van der Waals surface area contributed by atoms with E-state index in [1.54, 1.807) is 23.9 Å². The highest BCUT2D eigenvalue weighted by Crippen LogP contribution is 2.46. The Labute approximate surface area is 139 Å². The number of anilines is 1. The van der Waals surface area contributed by atoms with Crippen molar-refractivity contribution in [1.29, 1.82) is 10.5 Å². The van der Waals surface area contributed by atoms with E-state index in [9.17, 15) is 14.9 Å². The lowest BCUT2D eigenvalue weighted by Crippen LogP contribution is -2.03. The molecule has 108 valence electrons. The fraction of sp³-hybridized carbons (Fsp3) is 0.125. The van der Waals surface area contributed by atoms with Gasteiger partial charge in [0.2, 0.25) is 0 Å². The van der Waals surface area contributed by atoms with Gasteiger partial charge in [0.25, 0.3) is 0 Å². The van der Waals surface area contributed by atoms with Gasteiger partial charge in [0.05, 0.1) is 21.3 Å². The molecule has 0 saturated heterocycles. The second-order valence-electron chi connectivity index (χ2n) is 4.80. The summed E-state index contributed by atoms with van der Waals surface area (Å²) in [5, 5.41) is 18.8. The second kappa shape index (κ2) is 5.64. The molecular formula is C16H9BrFN3S. The first-order valence-corrected chi connectivity index (χ1v) is 8.23. The lowest BCUT2D eigenvalue weighted by Gasteiger charge is -2.15. The van der Waals surface area contributed by atoms with Gasteiger partial charge in [-0.25, -0.2) is 4.39 Å². The van der Waals surface area contributed by atoms with E-state index in [4.69, 9.17) is 5.73 Å². The Balaban J connectivity index is 2.40. The van der Waals surface area contributed by atoms with Crippen molar-refractivity contribution in [2.75, 3.05) is 11.5 Å². The van der Waals surface area contributed by atoms with Gasteiger partial charge < -0.3 is 5.73 Å². The third-order valence-corrected chi connectivity index (χ3v) is 5.41. The number of nitrogens with two attached hydrogens (primary N) is 1. The molecule has 1 aliphatic rings. The zero-order chi connectivity index (χ0) is 15.9. The van der Waals surface area contributed by atoms with E-state index < -0.39 is 5.82 Å².